The molecule has 2 bridgehead atoms. The molecule has 0 saturated carbocycles. The minimum atomic E-state index is -0.345. The second-order valence-corrected chi connectivity index (χ2v) is 5.94. The molecule has 3 rings (SSSR count). The van der Waals surface area contributed by atoms with Gasteiger partial charge in [0.2, 0.25) is 0 Å². The van der Waals surface area contributed by atoms with E-state index in [1.54, 1.807) is 6.07 Å². The molecule has 0 radical (unpaired) electrons. The molecule has 6 heteroatoms. The van der Waals surface area contributed by atoms with Gasteiger partial charge >= 0.3 is 5.97 Å². The Hall–Kier alpha value is -1.46. The summed E-state index contributed by atoms with van der Waals surface area (Å²) in [7, 11) is 3.62. The number of carbonyl (C=O) groups is 1. The number of nitrogens with zero attached hydrogens (tertiary/aromatic N) is 1. The van der Waals surface area contributed by atoms with Crippen LogP contribution in [0.25, 0.3) is 0 Å². The lowest BCUT2D eigenvalue weighted by molar-refractivity contribution is -0.000476. The van der Waals surface area contributed by atoms with Gasteiger partial charge in [0.25, 0.3) is 0 Å². The second-order valence-electron chi connectivity index (χ2n) is 5.94. The Morgan fingerprint density at radius 3 is 2.50 bits per heavy atom. The monoisotopic (exact) mass is 327 g/mol. The van der Waals surface area contributed by atoms with Crippen molar-refractivity contribution in [3.63, 3.8) is 0 Å². The predicted octanol–water partition coefficient (Wildman–Crippen LogP) is 2.60. The lowest BCUT2D eigenvalue weighted by Crippen LogP contribution is -2.43. The Bertz CT molecular complexity index is 537. The van der Waals surface area contributed by atoms with Crippen LogP contribution in [0.1, 0.15) is 36.0 Å². The zero-order valence-electron chi connectivity index (χ0n) is 12.8. The van der Waals surface area contributed by atoms with Crippen LogP contribution in [-0.4, -0.2) is 48.3 Å². The maximum atomic E-state index is 12.2. The highest BCUT2D eigenvalue weighted by Crippen LogP contribution is 2.36. The van der Waals surface area contributed by atoms with Gasteiger partial charge in [-0.1, -0.05) is 0 Å². The summed E-state index contributed by atoms with van der Waals surface area (Å²) in [6.45, 7) is 0. The molecule has 2 saturated heterocycles. The van der Waals surface area contributed by atoms with Crippen LogP contribution >= 0.6 is 12.4 Å². The van der Waals surface area contributed by atoms with Crippen molar-refractivity contribution in [2.75, 3.05) is 14.2 Å². The van der Waals surface area contributed by atoms with E-state index < -0.39 is 0 Å². The number of halogens is 1. The van der Waals surface area contributed by atoms with Crippen LogP contribution in [0.5, 0.6) is 11.5 Å². The molecule has 0 aromatic heterocycles. The average molecular weight is 328 g/mol. The molecule has 5 nitrogen and oxygen atoms in total. The fraction of sp³-hybridized carbons (Fsp3) is 0.562. The van der Waals surface area contributed by atoms with Crippen molar-refractivity contribution in [1.82, 2.24) is 4.90 Å². The number of phenolic OH excluding ortho intramolecular Hbond substituents is 1. The molecule has 22 heavy (non-hydrogen) atoms. The van der Waals surface area contributed by atoms with Crippen molar-refractivity contribution in [3.05, 3.63) is 23.8 Å². The number of hydrogen-bond donors (Lipinski definition) is 1. The fourth-order valence-corrected chi connectivity index (χ4v) is 3.48. The highest BCUT2D eigenvalue weighted by atomic mass is 35.5. The summed E-state index contributed by atoms with van der Waals surface area (Å²) in [6, 6.07) is 5.60. The number of aromatic hydroxyl groups is 1. The molecule has 122 valence electrons. The summed E-state index contributed by atoms with van der Waals surface area (Å²) in [5.74, 6) is -0.0402. The van der Waals surface area contributed by atoms with E-state index in [0.717, 1.165) is 12.8 Å². The summed E-state index contributed by atoms with van der Waals surface area (Å²) < 4.78 is 10.7. The Morgan fingerprint density at radius 2 is 1.91 bits per heavy atom. The van der Waals surface area contributed by atoms with Crippen molar-refractivity contribution >= 4 is 18.4 Å². The molecule has 1 N–H and O–H groups in total. The van der Waals surface area contributed by atoms with E-state index in [4.69, 9.17) is 9.47 Å². The largest absolute Gasteiger partial charge is 0.504 e. The summed E-state index contributed by atoms with van der Waals surface area (Å²) in [5.41, 5.74) is 0.413. The third-order valence-corrected chi connectivity index (χ3v) is 4.74. The van der Waals surface area contributed by atoms with Crippen LogP contribution < -0.4 is 4.74 Å². The van der Waals surface area contributed by atoms with Crippen LogP contribution in [0.2, 0.25) is 0 Å². The first kappa shape index (κ1) is 16.9. The van der Waals surface area contributed by atoms with Gasteiger partial charge in [0, 0.05) is 24.9 Å². The molecule has 2 aliphatic heterocycles. The molecule has 2 atom stereocenters. The zero-order valence-corrected chi connectivity index (χ0v) is 13.6. The van der Waals surface area contributed by atoms with Gasteiger partial charge in [0.1, 0.15) is 6.10 Å². The molecular weight excluding hydrogens is 306 g/mol. The summed E-state index contributed by atoms with van der Waals surface area (Å²) in [6.07, 6.45) is 4.21. The van der Waals surface area contributed by atoms with E-state index in [9.17, 15) is 9.90 Å². The lowest BCUT2D eigenvalue weighted by atomic mass is 10.0. The smallest absolute Gasteiger partial charge is 0.338 e. The predicted molar refractivity (Wildman–Crippen MR) is 84.9 cm³/mol. The molecule has 0 amide bonds. The molecule has 0 spiro atoms. The minimum absolute atomic E-state index is 0. The minimum Gasteiger partial charge on any atom is -0.504 e. The normalized spacial score (nSPS) is 27.1. The highest BCUT2D eigenvalue weighted by molar-refractivity contribution is 5.90. The first-order chi connectivity index (χ1) is 10.1. The first-order valence-electron chi connectivity index (χ1n) is 7.38. The quantitative estimate of drug-likeness (QED) is 0.865. The van der Waals surface area contributed by atoms with Crippen molar-refractivity contribution < 1.29 is 19.4 Å². The number of rotatable bonds is 3. The molecule has 2 unspecified atom stereocenters. The zero-order chi connectivity index (χ0) is 15.0. The Kier molecular flexibility index (Phi) is 5.19. The number of hydrogen-bond acceptors (Lipinski definition) is 5. The number of piperidine rings is 1. The van der Waals surface area contributed by atoms with Gasteiger partial charge in [-0.3, -0.25) is 0 Å². The van der Waals surface area contributed by atoms with Crippen molar-refractivity contribution in [3.8, 4) is 11.5 Å². The molecule has 2 fully saturated rings. The average Bonchev–Trinajstić information content (AvgIpc) is 2.70. The van der Waals surface area contributed by atoms with Gasteiger partial charge in [-0.2, -0.15) is 0 Å². The molecule has 2 heterocycles. The van der Waals surface area contributed by atoms with Crippen molar-refractivity contribution in [2.45, 2.75) is 43.9 Å². The van der Waals surface area contributed by atoms with E-state index in [1.165, 1.54) is 32.1 Å². The maximum Gasteiger partial charge on any atom is 0.338 e. The van der Waals surface area contributed by atoms with E-state index in [1.807, 2.05) is 0 Å². The highest BCUT2D eigenvalue weighted by Gasteiger charge is 2.39. The van der Waals surface area contributed by atoms with Gasteiger partial charge in [-0.05, 0) is 38.1 Å². The Balaban J connectivity index is 0.00000176. The van der Waals surface area contributed by atoms with Gasteiger partial charge in [0.15, 0.2) is 11.5 Å². The number of phenols is 1. The van der Waals surface area contributed by atoms with E-state index in [0.29, 0.717) is 17.6 Å². The van der Waals surface area contributed by atoms with E-state index in [-0.39, 0.29) is 36.0 Å². The van der Waals surface area contributed by atoms with Gasteiger partial charge < -0.3 is 19.5 Å². The van der Waals surface area contributed by atoms with E-state index in [2.05, 4.69) is 11.9 Å². The van der Waals surface area contributed by atoms with Crippen molar-refractivity contribution in [1.29, 1.82) is 0 Å². The fourth-order valence-electron chi connectivity index (χ4n) is 3.48. The summed E-state index contributed by atoms with van der Waals surface area (Å²) >= 11 is 0. The van der Waals surface area contributed by atoms with Crippen LogP contribution in [-0.2, 0) is 4.74 Å². The van der Waals surface area contributed by atoms with Gasteiger partial charge in [-0.25, -0.2) is 4.79 Å². The van der Waals surface area contributed by atoms with Crippen LogP contribution in [0.15, 0.2) is 18.2 Å². The SMILES string of the molecule is COc1cc(C(=O)OC2CC3CCC(C2)N3C)ccc1O.Cl. The summed E-state index contributed by atoms with van der Waals surface area (Å²) in [4.78, 5) is 14.6. The molecule has 1 aromatic rings. The number of carbonyl (C=O) groups excluding carboxylic acids is 1. The lowest BCUT2D eigenvalue weighted by Gasteiger charge is -2.35. The molecule has 0 aliphatic carbocycles. The third kappa shape index (κ3) is 3.15. The maximum absolute atomic E-state index is 12.2. The third-order valence-electron chi connectivity index (χ3n) is 4.74. The van der Waals surface area contributed by atoms with Crippen molar-refractivity contribution in [2.24, 2.45) is 0 Å². The first-order valence-corrected chi connectivity index (χ1v) is 7.38. The number of fused-ring (bicyclic) bond motifs is 2. The number of methoxy groups -OCH3 is 1. The Morgan fingerprint density at radius 1 is 1.27 bits per heavy atom. The van der Waals surface area contributed by atoms with Gasteiger partial charge in [-0.15, -0.1) is 12.4 Å². The summed E-state index contributed by atoms with van der Waals surface area (Å²) in [5, 5.41) is 9.56. The topological polar surface area (TPSA) is 59.0 Å². The molecule has 2 aliphatic rings. The number of esters is 1. The van der Waals surface area contributed by atoms with Crippen LogP contribution in [0.3, 0.4) is 0 Å². The number of ether oxygens (including phenoxy) is 2. The van der Waals surface area contributed by atoms with E-state index >= 15 is 0 Å². The molecular formula is C16H22ClNO4. The standard InChI is InChI=1S/C16H21NO4.ClH/c1-17-11-4-5-12(17)9-13(8-11)21-16(19)10-3-6-14(18)15(7-10)20-2;/h3,6-7,11-13,18H,4-5,8-9H2,1-2H3;1H. The number of benzene rings is 1. The second kappa shape index (κ2) is 6.75. The Labute approximate surface area is 136 Å². The van der Waals surface area contributed by atoms with Crippen LogP contribution in [0, 0.1) is 0 Å². The van der Waals surface area contributed by atoms with Crippen LogP contribution in [0.4, 0.5) is 0 Å². The molecule has 1 aromatic carbocycles. The van der Waals surface area contributed by atoms with Gasteiger partial charge in [0.05, 0.1) is 12.7 Å².